The van der Waals surface area contributed by atoms with E-state index in [-0.39, 0.29) is 0 Å². The van der Waals surface area contributed by atoms with Gasteiger partial charge in [-0.05, 0) is 30.5 Å². The van der Waals surface area contributed by atoms with Crippen molar-refractivity contribution in [2.75, 3.05) is 0 Å². The zero-order valence-electron chi connectivity index (χ0n) is 11.1. The fraction of sp³-hybridized carbons (Fsp3) is 0.333. The fourth-order valence-corrected chi connectivity index (χ4v) is 2.91. The lowest BCUT2D eigenvalue weighted by Crippen LogP contribution is -2.09. The Kier molecular flexibility index (Phi) is 3.26. The van der Waals surface area contributed by atoms with Crippen LogP contribution in [0.25, 0.3) is 0 Å². The summed E-state index contributed by atoms with van der Waals surface area (Å²) in [6.45, 7) is 0. The highest BCUT2D eigenvalue weighted by atomic mass is 35.5. The van der Waals surface area contributed by atoms with Crippen LogP contribution in [0, 0.1) is 0 Å². The van der Waals surface area contributed by atoms with Crippen molar-refractivity contribution in [1.82, 2.24) is 9.55 Å². The maximum atomic E-state index is 11.2. The van der Waals surface area contributed by atoms with Gasteiger partial charge in [0.2, 0.25) is 0 Å². The molecule has 5 heteroatoms. The summed E-state index contributed by atoms with van der Waals surface area (Å²) in [6.07, 6.45) is 2.13. The number of benzene rings is 1. The SMILES string of the molecule is Cn1c(Cc2ccc(Cl)cc2)nc2c1CCC2C(=O)O. The van der Waals surface area contributed by atoms with Crippen LogP contribution in [-0.2, 0) is 24.7 Å². The molecule has 104 valence electrons. The van der Waals surface area contributed by atoms with Crippen molar-refractivity contribution in [2.45, 2.75) is 25.2 Å². The van der Waals surface area contributed by atoms with E-state index in [0.717, 1.165) is 29.2 Å². The first kappa shape index (κ1) is 13.2. The van der Waals surface area contributed by atoms with Crippen LogP contribution in [0.1, 0.15) is 35.1 Å². The van der Waals surface area contributed by atoms with Gasteiger partial charge in [-0.2, -0.15) is 0 Å². The first-order chi connectivity index (χ1) is 9.56. The number of hydrogen-bond donors (Lipinski definition) is 1. The van der Waals surface area contributed by atoms with Crippen LogP contribution in [0.3, 0.4) is 0 Å². The number of aromatic nitrogens is 2. The van der Waals surface area contributed by atoms with Crippen molar-refractivity contribution in [3.8, 4) is 0 Å². The van der Waals surface area contributed by atoms with E-state index in [0.29, 0.717) is 17.9 Å². The van der Waals surface area contributed by atoms with Gasteiger partial charge >= 0.3 is 5.97 Å². The van der Waals surface area contributed by atoms with Crippen molar-refractivity contribution in [3.63, 3.8) is 0 Å². The van der Waals surface area contributed by atoms with Gasteiger partial charge in [0.1, 0.15) is 11.7 Å². The first-order valence-electron chi connectivity index (χ1n) is 6.58. The highest BCUT2D eigenvalue weighted by molar-refractivity contribution is 6.30. The van der Waals surface area contributed by atoms with Crippen molar-refractivity contribution >= 4 is 17.6 Å². The molecule has 0 amide bonds. The van der Waals surface area contributed by atoms with Crippen LogP contribution in [0.5, 0.6) is 0 Å². The smallest absolute Gasteiger partial charge is 0.312 e. The fourth-order valence-electron chi connectivity index (χ4n) is 2.78. The molecule has 0 radical (unpaired) electrons. The minimum absolute atomic E-state index is 0.449. The first-order valence-corrected chi connectivity index (χ1v) is 6.95. The molecule has 0 fully saturated rings. The molecule has 20 heavy (non-hydrogen) atoms. The average Bonchev–Trinajstić information content (AvgIpc) is 2.94. The molecule has 0 saturated heterocycles. The van der Waals surface area contributed by atoms with Gasteiger partial charge in [-0.3, -0.25) is 4.79 Å². The summed E-state index contributed by atoms with van der Waals surface area (Å²) in [7, 11) is 1.96. The van der Waals surface area contributed by atoms with Gasteiger partial charge in [-0.15, -0.1) is 0 Å². The van der Waals surface area contributed by atoms with Crippen molar-refractivity contribution in [3.05, 3.63) is 52.1 Å². The van der Waals surface area contributed by atoms with E-state index >= 15 is 0 Å². The number of hydrogen-bond acceptors (Lipinski definition) is 2. The Balaban J connectivity index is 1.91. The molecule has 1 N–H and O–H groups in total. The van der Waals surface area contributed by atoms with E-state index < -0.39 is 11.9 Å². The molecule has 1 aromatic heterocycles. The number of carbonyl (C=O) groups is 1. The van der Waals surface area contributed by atoms with Gasteiger partial charge in [0.15, 0.2) is 0 Å². The summed E-state index contributed by atoms with van der Waals surface area (Å²) >= 11 is 5.87. The van der Waals surface area contributed by atoms with E-state index in [1.807, 2.05) is 35.9 Å². The van der Waals surface area contributed by atoms with Gasteiger partial charge in [-0.1, -0.05) is 23.7 Å². The second kappa shape index (κ2) is 4.94. The molecule has 2 aromatic rings. The van der Waals surface area contributed by atoms with Crippen LogP contribution in [-0.4, -0.2) is 20.6 Å². The van der Waals surface area contributed by atoms with Crippen LogP contribution in [0.15, 0.2) is 24.3 Å². The minimum Gasteiger partial charge on any atom is -0.481 e. The maximum absolute atomic E-state index is 11.2. The molecule has 1 unspecified atom stereocenters. The summed E-state index contributed by atoms with van der Waals surface area (Å²) in [6, 6.07) is 7.65. The summed E-state index contributed by atoms with van der Waals surface area (Å²) in [5.74, 6) is -0.321. The van der Waals surface area contributed by atoms with Crippen LogP contribution >= 0.6 is 11.6 Å². The molecule has 0 bridgehead atoms. The summed E-state index contributed by atoms with van der Waals surface area (Å²) in [5, 5.41) is 9.93. The molecule has 0 spiro atoms. The monoisotopic (exact) mass is 290 g/mol. The predicted molar refractivity (Wildman–Crippen MR) is 76.2 cm³/mol. The van der Waals surface area contributed by atoms with Crippen LogP contribution < -0.4 is 0 Å². The molecular weight excluding hydrogens is 276 g/mol. The zero-order valence-corrected chi connectivity index (χ0v) is 11.9. The third-order valence-corrected chi connectivity index (χ3v) is 4.16. The van der Waals surface area contributed by atoms with E-state index in [9.17, 15) is 9.90 Å². The third kappa shape index (κ3) is 2.20. The number of carboxylic acid groups (broad SMARTS) is 1. The Bertz CT molecular complexity index is 661. The quantitative estimate of drug-likeness (QED) is 0.946. The highest BCUT2D eigenvalue weighted by Crippen LogP contribution is 2.33. The summed E-state index contributed by atoms with van der Waals surface area (Å²) in [4.78, 5) is 15.8. The van der Waals surface area contributed by atoms with Crippen molar-refractivity contribution in [2.24, 2.45) is 7.05 Å². The number of aliphatic carboxylic acids is 1. The number of nitrogens with zero attached hydrogens (tertiary/aromatic N) is 2. The van der Waals surface area contributed by atoms with Crippen molar-refractivity contribution in [1.29, 1.82) is 0 Å². The molecule has 4 nitrogen and oxygen atoms in total. The minimum atomic E-state index is -0.778. The lowest BCUT2D eigenvalue weighted by Gasteiger charge is -2.05. The van der Waals surface area contributed by atoms with E-state index in [1.165, 1.54) is 0 Å². The molecule has 0 saturated carbocycles. The molecule has 1 aliphatic carbocycles. The average molecular weight is 291 g/mol. The molecule has 3 rings (SSSR count). The van der Waals surface area contributed by atoms with E-state index in [1.54, 1.807) is 0 Å². The van der Waals surface area contributed by atoms with E-state index in [4.69, 9.17) is 11.6 Å². The molecule has 1 aliphatic rings. The van der Waals surface area contributed by atoms with Gasteiger partial charge in [0, 0.05) is 24.2 Å². The summed E-state index contributed by atoms with van der Waals surface area (Å²) in [5.41, 5.74) is 2.92. The predicted octanol–water partition coefficient (Wildman–Crippen LogP) is 2.78. The lowest BCUT2D eigenvalue weighted by molar-refractivity contribution is -0.138. The van der Waals surface area contributed by atoms with Crippen molar-refractivity contribution < 1.29 is 9.90 Å². The molecule has 1 heterocycles. The Hall–Kier alpha value is -1.81. The Morgan fingerprint density at radius 3 is 2.80 bits per heavy atom. The van der Waals surface area contributed by atoms with E-state index in [2.05, 4.69) is 4.98 Å². The second-order valence-corrected chi connectivity index (χ2v) is 5.59. The Morgan fingerprint density at radius 1 is 1.45 bits per heavy atom. The van der Waals surface area contributed by atoms with Crippen LogP contribution in [0.4, 0.5) is 0 Å². The van der Waals surface area contributed by atoms with Gasteiger partial charge in [0.25, 0.3) is 0 Å². The number of halogens is 1. The topological polar surface area (TPSA) is 55.1 Å². The van der Waals surface area contributed by atoms with Gasteiger partial charge in [0.05, 0.1) is 5.69 Å². The van der Waals surface area contributed by atoms with Gasteiger partial charge < -0.3 is 9.67 Å². The number of rotatable bonds is 3. The Morgan fingerprint density at radius 2 is 2.15 bits per heavy atom. The normalized spacial score (nSPS) is 17.2. The molecule has 0 aliphatic heterocycles. The summed E-state index contributed by atoms with van der Waals surface area (Å²) < 4.78 is 2.03. The second-order valence-electron chi connectivity index (χ2n) is 5.15. The lowest BCUT2D eigenvalue weighted by atomic mass is 10.1. The zero-order chi connectivity index (χ0) is 14.3. The largest absolute Gasteiger partial charge is 0.481 e. The third-order valence-electron chi connectivity index (χ3n) is 3.91. The standard InChI is InChI=1S/C15H15ClN2O2/c1-18-12-7-6-11(15(19)20)14(12)17-13(18)8-9-2-4-10(16)5-3-9/h2-5,11H,6-8H2,1H3,(H,19,20). The molecule has 1 atom stereocenters. The number of fused-ring (bicyclic) bond motifs is 1. The highest BCUT2D eigenvalue weighted by Gasteiger charge is 2.33. The number of carboxylic acids is 1. The Labute approximate surface area is 122 Å². The van der Waals surface area contributed by atoms with Crippen LogP contribution in [0.2, 0.25) is 5.02 Å². The molecular formula is C15H15ClN2O2. The van der Waals surface area contributed by atoms with Gasteiger partial charge in [-0.25, -0.2) is 4.98 Å². The number of imidazole rings is 1. The molecule has 1 aromatic carbocycles. The maximum Gasteiger partial charge on any atom is 0.312 e.